The Morgan fingerprint density at radius 2 is 1.71 bits per heavy atom. The molecule has 94 valence electrons. The lowest BCUT2D eigenvalue weighted by Gasteiger charge is -2.23. The standard InChI is InChI=1S/C14H21NOS/c1-3-10-15(11-4-2)14(17)16-12-13-8-6-5-7-9-13/h5-9H,3-4,10-12H2,1-2H3. The normalized spacial score (nSPS) is 10.0. The Balaban J connectivity index is 2.41. The van der Waals surface area contributed by atoms with Crippen LogP contribution in [-0.2, 0) is 11.3 Å². The van der Waals surface area contributed by atoms with Gasteiger partial charge in [0.25, 0.3) is 5.17 Å². The summed E-state index contributed by atoms with van der Waals surface area (Å²) < 4.78 is 5.65. The molecule has 0 atom stereocenters. The molecule has 1 aromatic carbocycles. The number of thiocarbonyl (C=S) groups is 1. The molecule has 0 N–H and O–H groups in total. The highest BCUT2D eigenvalue weighted by molar-refractivity contribution is 7.80. The van der Waals surface area contributed by atoms with E-state index in [0.717, 1.165) is 31.5 Å². The van der Waals surface area contributed by atoms with Crippen LogP contribution >= 0.6 is 12.2 Å². The van der Waals surface area contributed by atoms with Crippen molar-refractivity contribution in [3.8, 4) is 0 Å². The smallest absolute Gasteiger partial charge is 0.259 e. The second kappa shape index (κ2) is 8.07. The summed E-state index contributed by atoms with van der Waals surface area (Å²) in [6.45, 7) is 6.82. The molecule has 0 saturated heterocycles. The largest absolute Gasteiger partial charge is 0.466 e. The molecule has 0 fully saturated rings. The van der Waals surface area contributed by atoms with Crippen molar-refractivity contribution >= 4 is 17.4 Å². The van der Waals surface area contributed by atoms with Crippen molar-refractivity contribution in [2.75, 3.05) is 13.1 Å². The zero-order valence-electron chi connectivity index (χ0n) is 10.7. The van der Waals surface area contributed by atoms with E-state index in [0.29, 0.717) is 11.8 Å². The minimum absolute atomic E-state index is 0.559. The Kier molecular flexibility index (Phi) is 6.63. The number of rotatable bonds is 6. The van der Waals surface area contributed by atoms with E-state index in [-0.39, 0.29) is 0 Å². The van der Waals surface area contributed by atoms with Gasteiger partial charge in [-0.05, 0) is 30.6 Å². The average molecular weight is 251 g/mol. The molecule has 0 heterocycles. The van der Waals surface area contributed by atoms with Gasteiger partial charge in [0, 0.05) is 13.1 Å². The lowest BCUT2D eigenvalue weighted by molar-refractivity contribution is 0.231. The highest BCUT2D eigenvalue weighted by Crippen LogP contribution is 2.04. The molecule has 0 aromatic heterocycles. The fraction of sp³-hybridized carbons (Fsp3) is 0.500. The highest BCUT2D eigenvalue weighted by atomic mass is 32.1. The van der Waals surface area contributed by atoms with Crippen LogP contribution in [0.3, 0.4) is 0 Å². The predicted molar refractivity (Wildman–Crippen MR) is 76.0 cm³/mol. The molecule has 0 aliphatic carbocycles. The second-order valence-electron chi connectivity index (χ2n) is 4.03. The summed E-state index contributed by atoms with van der Waals surface area (Å²) in [6, 6.07) is 10.1. The maximum Gasteiger partial charge on any atom is 0.259 e. The Morgan fingerprint density at radius 1 is 1.12 bits per heavy atom. The fourth-order valence-corrected chi connectivity index (χ4v) is 1.89. The minimum atomic E-state index is 0.559. The topological polar surface area (TPSA) is 12.5 Å². The van der Waals surface area contributed by atoms with Crippen LogP contribution in [0.25, 0.3) is 0 Å². The molecule has 17 heavy (non-hydrogen) atoms. The summed E-state index contributed by atoms with van der Waals surface area (Å²) in [6.07, 6.45) is 2.18. The number of hydrogen-bond donors (Lipinski definition) is 0. The van der Waals surface area contributed by atoms with Gasteiger partial charge in [-0.15, -0.1) is 0 Å². The first-order valence-corrected chi connectivity index (χ1v) is 6.64. The van der Waals surface area contributed by atoms with Gasteiger partial charge in [0.1, 0.15) is 6.61 Å². The van der Waals surface area contributed by atoms with Crippen LogP contribution < -0.4 is 0 Å². The highest BCUT2D eigenvalue weighted by Gasteiger charge is 2.08. The van der Waals surface area contributed by atoms with Gasteiger partial charge < -0.3 is 9.64 Å². The summed E-state index contributed by atoms with van der Waals surface area (Å²) in [5.41, 5.74) is 1.16. The molecule has 0 aliphatic heterocycles. The number of ether oxygens (including phenoxy) is 1. The van der Waals surface area contributed by atoms with Crippen molar-refractivity contribution in [2.24, 2.45) is 0 Å². The maximum atomic E-state index is 5.65. The van der Waals surface area contributed by atoms with Crippen LogP contribution in [0.4, 0.5) is 0 Å². The lowest BCUT2D eigenvalue weighted by atomic mass is 10.2. The molecule has 1 aromatic rings. The summed E-state index contributed by atoms with van der Waals surface area (Å²) in [7, 11) is 0. The van der Waals surface area contributed by atoms with Crippen molar-refractivity contribution in [1.82, 2.24) is 4.90 Å². The third kappa shape index (κ3) is 5.18. The SMILES string of the molecule is CCCN(CCC)C(=S)OCc1ccccc1. The van der Waals surface area contributed by atoms with Crippen LogP contribution in [0, 0.1) is 0 Å². The number of benzene rings is 1. The average Bonchev–Trinajstić information content (AvgIpc) is 2.37. The van der Waals surface area contributed by atoms with Gasteiger partial charge in [-0.25, -0.2) is 0 Å². The Hall–Kier alpha value is -1.09. The molecular weight excluding hydrogens is 230 g/mol. The van der Waals surface area contributed by atoms with Crippen molar-refractivity contribution in [2.45, 2.75) is 33.3 Å². The summed E-state index contributed by atoms with van der Waals surface area (Å²) in [5, 5.41) is 0.623. The van der Waals surface area contributed by atoms with Crippen molar-refractivity contribution in [3.63, 3.8) is 0 Å². The van der Waals surface area contributed by atoms with Gasteiger partial charge in [0.05, 0.1) is 0 Å². The van der Waals surface area contributed by atoms with Gasteiger partial charge in [-0.1, -0.05) is 44.2 Å². The number of hydrogen-bond acceptors (Lipinski definition) is 2. The van der Waals surface area contributed by atoms with Crippen molar-refractivity contribution < 1.29 is 4.74 Å². The van der Waals surface area contributed by atoms with Crippen molar-refractivity contribution in [1.29, 1.82) is 0 Å². The predicted octanol–water partition coefficient (Wildman–Crippen LogP) is 3.61. The molecule has 0 spiro atoms. The van der Waals surface area contributed by atoms with E-state index in [2.05, 4.69) is 18.7 Å². The van der Waals surface area contributed by atoms with Gasteiger partial charge in [-0.2, -0.15) is 0 Å². The van der Waals surface area contributed by atoms with Crippen LogP contribution in [-0.4, -0.2) is 23.2 Å². The van der Waals surface area contributed by atoms with Gasteiger partial charge in [0.2, 0.25) is 0 Å². The van der Waals surface area contributed by atoms with E-state index in [1.165, 1.54) is 0 Å². The molecule has 3 heteroatoms. The van der Waals surface area contributed by atoms with Gasteiger partial charge in [0.15, 0.2) is 0 Å². The zero-order valence-corrected chi connectivity index (χ0v) is 11.5. The minimum Gasteiger partial charge on any atom is -0.466 e. The Morgan fingerprint density at radius 3 is 2.24 bits per heavy atom. The number of nitrogens with zero attached hydrogens (tertiary/aromatic N) is 1. The lowest BCUT2D eigenvalue weighted by Crippen LogP contribution is -2.32. The van der Waals surface area contributed by atoms with E-state index in [9.17, 15) is 0 Å². The maximum absolute atomic E-state index is 5.65. The van der Waals surface area contributed by atoms with Gasteiger partial charge >= 0.3 is 0 Å². The summed E-state index contributed by atoms with van der Waals surface area (Å²) >= 11 is 5.31. The Labute approximate surface area is 110 Å². The molecule has 2 nitrogen and oxygen atoms in total. The van der Waals surface area contributed by atoms with E-state index in [1.54, 1.807) is 0 Å². The van der Waals surface area contributed by atoms with E-state index >= 15 is 0 Å². The van der Waals surface area contributed by atoms with Gasteiger partial charge in [-0.3, -0.25) is 0 Å². The zero-order chi connectivity index (χ0) is 12.5. The fourth-order valence-electron chi connectivity index (χ4n) is 1.64. The molecule has 0 aliphatic rings. The first-order valence-electron chi connectivity index (χ1n) is 6.23. The quantitative estimate of drug-likeness (QED) is 0.717. The van der Waals surface area contributed by atoms with E-state index in [4.69, 9.17) is 17.0 Å². The monoisotopic (exact) mass is 251 g/mol. The third-order valence-corrected chi connectivity index (χ3v) is 2.83. The summed E-state index contributed by atoms with van der Waals surface area (Å²) in [5.74, 6) is 0. The van der Waals surface area contributed by atoms with Crippen LogP contribution in [0.5, 0.6) is 0 Å². The van der Waals surface area contributed by atoms with Crippen LogP contribution in [0.2, 0.25) is 0 Å². The Bertz CT molecular complexity index is 320. The molecule has 1 rings (SSSR count). The van der Waals surface area contributed by atoms with Crippen LogP contribution in [0.15, 0.2) is 30.3 Å². The molecule has 0 amide bonds. The summed E-state index contributed by atoms with van der Waals surface area (Å²) in [4.78, 5) is 2.14. The molecule has 0 radical (unpaired) electrons. The first kappa shape index (κ1) is 14.0. The molecule has 0 saturated carbocycles. The third-order valence-electron chi connectivity index (χ3n) is 2.45. The first-order chi connectivity index (χ1) is 8.27. The van der Waals surface area contributed by atoms with Crippen LogP contribution in [0.1, 0.15) is 32.3 Å². The molecular formula is C14H21NOS. The van der Waals surface area contributed by atoms with Crippen molar-refractivity contribution in [3.05, 3.63) is 35.9 Å². The second-order valence-corrected chi connectivity index (χ2v) is 4.38. The molecule has 0 unspecified atom stereocenters. The van der Waals surface area contributed by atoms with E-state index < -0.39 is 0 Å². The van der Waals surface area contributed by atoms with E-state index in [1.807, 2.05) is 30.3 Å². The molecule has 0 bridgehead atoms.